The largest absolute Gasteiger partial charge is 0.465 e. The highest BCUT2D eigenvalue weighted by Crippen LogP contribution is 2.25. The molecule has 0 atom stereocenters. The molecule has 0 bridgehead atoms. The van der Waals surface area contributed by atoms with Crippen LogP contribution >= 0.6 is 23.1 Å². The highest BCUT2D eigenvalue weighted by atomic mass is 32.2. The summed E-state index contributed by atoms with van der Waals surface area (Å²) in [7, 11) is 1.85. The van der Waals surface area contributed by atoms with Crippen molar-refractivity contribution in [2.75, 3.05) is 17.7 Å². The minimum atomic E-state index is -0.300. The molecular formula is C14H19N5O3S2. The van der Waals surface area contributed by atoms with E-state index in [4.69, 9.17) is 4.74 Å². The van der Waals surface area contributed by atoms with Crippen LogP contribution < -0.4 is 5.32 Å². The molecule has 2 heterocycles. The third-order valence-corrected chi connectivity index (χ3v) is 5.21. The van der Waals surface area contributed by atoms with Gasteiger partial charge in [-0.2, -0.15) is 5.10 Å². The van der Waals surface area contributed by atoms with Crippen LogP contribution in [0.1, 0.15) is 23.9 Å². The van der Waals surface area contributed by atoms with Crippen molar-refractivity contribution in [3.8, 4) is 0 Å². The maximum atomic E-state index is 12.2. The first-order chi connectivity index (χ1) is 11.4. The van der Waals surface area contributed by atoms with Gasteiger partial charge in [0, 0.05) is 18.3 Å². The highest BCUT2D eigenvalue weighted by molar-refractivity contribution is 8.01. The predicted octanol–water partition coefficient (Wildman–Crippen LogP) is 1.72. The number of nitrogens with zero attached hydrogens (tertiary/aromatic N) is 4. The molecule has 0 aliphatic rings. The maximum Gasteiger partial charge on any atom is 0.316 e. The van der Waals surface area contributed by atoms with Crippen molar-refractivity contribution in [2.24, 2.45) is 7.05 Å². The predicted molar refractivity (Wildman–Crippen MR) is 92.3 cm³/mol. The average molecular weight is 369 g/mol. The Kier molecular flexibility index (Phi) is 6.32. The second kappa shape index (κ2) is 8.25. The van der Waals surface area contributed by atoms with Crippen LogP contribution in [0.3, 0.4) is 0 Å². The number of aryl methyl sites for hydroxylation is 2. The molecular weight excluding hydrogens is 350 g/mol. The minimum Gasteiger partial charge on any atom is -0.465 e. The molecule has 24 heavy (non-hydrogen) atoms. The Balaban J connectivity index is 1.89. The molecule has 0 spiro atoms. The van der Waals surface area contributed by atoms with Gasteiger partial charge in [0.15, 0.2) is 4.34 Å². The van der Waals surface area contributed by atoms with Crippen LogP contribution in [0.25, 0.3) is 0 Å². The normalized spacial score (nSPS) is 10.7. The summed E-state index contributed by atoms with van der Waals surface area (Å²) in [5.41, 5.74) is 2.72. The Morgan fingerprint density at radius 3 is 2.71 bits per heavy atom. The van der Waals surface area contributed by atoms with Gasteiger partial charge in [-0.3, -0.25) is 14.3 Å². The van der Waals surface area contributed by atoms with Crippen LogP contribution in [0.4, 0.5) is 5.13 Å². The summed E-state index contributed by atoms with van der Waals surface area (Å²) in [4.78, 5) is 23.5. The van der Waals surface area contributed by atoms with Crippen molar-refractivity contribution in [3.05, 3.63) is 17.0 Å². The fraction of sp³-hybridized carbons (Fsp3) is 0.500. The van der Waals surface area contributed by atoms with E-state index < -0.39 is 0 Å². The van der Waals surface area contributed by atoms with Gasteiger partial charge in [-0.1, -0.05) is 23.1 Å². The van der Waals surface area contributed by atoms with Gasteiger partial charge < -0.3 is 10.1 Å². The molecule has 1 amide bonds. The number of carbonyl (C=O) groups excluding carboxylic acids is 2. The summed E-state index contributed by atoms with van der Waals surface area (Å²) in [5, 5.41) is 15.3. The number of carbonyl (C=O) groups is 2. The first-order valence-electron chi connectivity index (χ1n) is 7.31. The van der Waals surface area contributed by atoms with Gasteiger partial charge in [0.1, 0.15) is 0 Å². The Bertz CT molecular complexity index is 741. The Morgan fingerprint density at radius 1 is 1.33 bits per heavy atom. The zero-order valence-corrected chi connectivity index (χ0v) is 15.6. The van der Waals surface area contributed by atoms with E-state index in [1.54, 1.807) is 11.6 Å². The molecule has 130 valence electrons. The molecule has 0 saturated heterocycles. The molecule has 2 aromatic heterocycles. The fourth-order valence-electron chi connectivity index (χ4n) is 2.04. The van der Waals surface area contributed by atoms with Gasteiger partial charge in [-0.15, -0.1) is 10.2 Å². The maximum absolute atomic E-state index is 12.2. The van der Waals surface area contributed by atoms with Gasteiger partial charge in [-0.05, 0) is 20.8 Å². The lowest BCUT2D eigenvalue weighted by Gasteiger charge is -2.02. The molecule has 10 heteroatoms. The van der Waals surface area contributed by atoms with Gasteiger partial charge in [0.05, 0.1) is 24.5 Å². The zero-order chi connectivity index (χ0) is 17.7. The number of hydrogen-bond donors (Lipinski definition) is 1. The first kappa shape index (κ1) is 18.4. The van der Waals surface area contributed by atoms with Crippen LogP contribution in [0.15, 0.2) is 4.34 Å². The standard InChI is InChI=1S/C14H19N5O3S2/c1-5-22-12(21)7-23-14-17-16-13(24-14)15-11(20)6-10-8(2)18-19(4)9(10)3/h5-7H2,1-4H3,(H,15,16,20). The van der Waals surface area contributed by atoms with Crippen molar-refractivity contribution in [1.82, 2.24) is 20.0 Å². The monoisotopic (exact) mass is 369 g/mol. The summed E-state index contributed by atoms with van der Waals surface area (Å²) in [5.74, 6) is -0.303. The molecule has 2 aromatic rings. The SMILES string of the molecule is CCOC(=O)CSc1nnc(NC(=O)Cc2c(C)nn(C)c2C)s1. The Hall–Kier alpha value is -1.94. The number of thioether (sulfide) groups is 1. The number of amides is 1. The van der Waals surface area contributed by atoms with Crippen LogP contribution in [-0.4, -0.2) is 44.2 Å². The molecule has 2 rings (SSSR count). The third kappa shape index (κ3) is 4.78. The molecule has 0 unspecified atom stereocenters. The number of aromatic nitrogens is 4. The molecule has 0 saturated carbocycles. The van der Waals surface area contributed by atoms with Crippen molar-refractivity contribution in [1.29, 1.82) is 0 Å². The van der Waals surface area contributed by atoms with E-state index in [0.717, 1.165) is 17.0 Å². The molecule has 0 aliphatic heterocycles. The molecule has 0 radical (unpaired) electrons. The van der Waals surface area contributed by atoms with Crippen molar-refractivity contribution in [3.63, 3.8) is 0 Å². The summed E-state index contributed by atoms with van der Waals surface area (Å²) in [6.45, 7) is 5.92. The minimum absolute atomic E-state index is 0.171. The van der Waals surface area contributed by atoms with E-state index in [0.29, 0.717) is 16.1 Å². The quantitative estimate of drug-likeness (QED) is 0.451. The van der Waals surface area contributed by atoms with E-state index in [-0.39, 0.29) is 24.1 Å². The molecule has 0 fully saturated rings. The molecule has 1 N–H and O–H groups in total. The molecule has 8 nitrogen and oxygen atoms in total. The molecule has 0 aliphatic carbocycles. The van der Waals surface area contributed by atoms with Crippen LogP contribution in [0, 0.1) is 13.8 Å². The zero-order valence-electron chi connectivity index (χ0n) is 14.0. The fourth-order valence-corrected chi connectivity index (χ4v) is 3.61. The smallest absolute Gasteiger partial charge is 0.316 e. The lowest BCUT2D eigenvalue weighted by atomic mass is 10.1. The van der Waals surface area contributed by atoms with E-state index in [1.165, 1.54) is 23.1 Å². The highest BCUT2D eigenvalue weighted by Gasteiger charge is 2.15. The summed E-state index contributed by atoms with van der Waals surface area (Å²) in [6, 6.07) is 0. The number of nitrogens with one attached hydrogen (secondary N) is 1. The topological polar surface area (TPSA) is 99.0 Å². The van der Waals surface area contributed by atoms with E-state index in [2.05, 4.69) is 20.6 Å². The Labute approximate surface area is 148 Å². The summed E-state index contributed by atoms with van der Waals surface area (Å²) in [6.07, 6.45) is 0.233. The Morgan fingerprint density at radius 2 is 2.08 bits per heavy atom. The number of esters is 1. The van der Waals surface area contributed by atoms with Crippen LogP contribution in [0.5, 0.6) is 0 Å². The van der Waals surface area contributed by atoms with Crippen molar-refractivity contribution < 1.29 is 14.3 Å². The number of hydrogen-bond acceptors (Lipinski definition) is 8. The number of anilines is 1. The van der Waals surface area contributed by atoms with E-state index in [9.17, 15) is 9.59 Å². The number of rotatable bonds is 7. The van der Waals surface area contributed by atoms with Crippen LogP contribution in [-0.2, 0) is 27.8 Å². The first-order valence-corrected chi connectivity index (χ1v) is 9.11. The lowest BCUT2D eigenvalue weighted by molar-refractivity contribution is -0.139. The van der Waals surface area contributed by atoms with Gasteiger partial charge in [0.2, 0.25) is 11.0 Å². The van der Waals surface area contributed by atoms with Gasteiger partial charge >= 0.3 is 5.97 Å². The lowest BCUT2D eigenvalue weighted by Crippen LogP contribution is -2.15. The summed E-state index contributed by atoms with van der Waals surface area (Å²) < 4.78 is 7.21. The van der Waals surface area contributed by atoms with E-state index in [1.807, 2.05) is 20.9 Å². The van der Waals surface area contributed by atoms with Crippen LogP contribution in [0.2, 0.25) is 0 Å². The number of ether oxygens (including phenoxy) is 1. The molecule has 0 aromatic carbocycles. The average Bonchev–Trinajstić information content (AvgIpc) is 3.05. The van der Waals surface area contributed by atoms with E-state index >= 15 is 0 Å². The second-order valence-corrected chi connectivity index (χ2v) is 7.16. The summed E-state index contributed by atoms with van der Waals surface area (Å²) >= 11 is 2.46. The van der Waals surface area contributed by atoms with Crippen molar-refractivity contribution >= 4 is 40.1 Å². The third-order valence-electron chi connectivity index (χ3n) is 3.27. The van der Waals surface area contributed by atoms with Gasteiger partial charge in [0.25, 0.3) is 0 Å². The van der Waals surface area contributed by atoms with Crippen molar-refractivity contribution in [2.45, 2.75) is 31.5 Å². The second-order valence-electron chi connectivity index (χ2n) is 4.96. The van der Waals surface area contributed by atoms with Gasteiger partial charge in [-0.25, -0.2) is 0 Å².